The fourth-order valence-corrected chi connectivity index (χ4v) is 5.72. The Hall–Kier alpha value is -3.59. The van der Waals surface area contributed by atoms with Crippen LogP contribution in [0.1, 0.15) is 53.0 Å². The number of benzene rings is 2. The molecule has 0 aromatic heterocycles. The van der Waals surface area contributed by atoms with Crippen LogP contribution in [0.2, 0.25) is 0 Å². The summed E-state index contributed by atoms with van der Waals surface area (Å²) < 4.78 is 5.11. The second-order valence-electron chi connectivity index (χ2n) is 10.1. The highest BCUT2D eigenvalue weighted by atomic mass is 16.6. The van der Waals surface area contributed by atoms with Crippen LogP contribution in [0.25, 0.3) is 0 Å². The molecule has 0 spiro atoms. The van der Waals surface area contributed by atoms with Crippen LogP contribution in [-0.4, -0.2) is 91.1 Å². The lowest BCUT2D eigenvalue weighted by molar-refractivity contribution is 0.0556. The van der Waals surface area contributed by atoms with Crippen molar-refractivity contribution in [2.24, 2.45) is 0 Å². The second-order valence-corrected chi connectivity index (χ2v) is 10.1. The van der Waals surface area contributed by atoms with Crippen LogP contribution in [0, 0.1) is 0 Å². The van der Waals surface area contributed by atoms with Crippen LogP contribution in [0.3, 0.4) is 0 Å². The third kappa shape index (κ3) is 5.34. The minimum atomic E-state index is -0.298. The van der Waals surface area contributed by atoms with Crippen molar-refractivity contribution >= 4 is 29.3 Å². The topological polar surface area (TPSA) is 85.4 Å². The first kappa shape index (κ1) is 26.0. The van der Waals surface area contributed by atoms with Crippen molar-refractivity contribution in [2.75, 3.05) is 62.6 Å². The standard InChI is InChI=1S/C29H37N5O4/c1-3-31-16-18-32(19-17-31)23-10-8-22(9-11-23)30-27(35)25-7-5-6-21-20-34(28(36)26(21)25)24-12-14-33(15-13-24)29(37)38-4-2/h5-11,24H,3-4,12-20H2,1-2H3,(H,30,35). The number of anilines is 2. The highest BCUT2D eigenvalue weighted by Crippen LogP contribution is 2.31. The third-order valence-electron chi connectivity index (χ3n) is 7.95. The summed E-state index contributed by atoms with van der Waals surface area (Å²) >= 11 is 0. The number of likely N-dealkylation sites (N-methyl/N-ethyl adjacent to an activating group) is 1. The van der Waals surface area contributed by atoms with Crippen molar-refractivity contribution in [1.29, 1.82) is 0 Å². The molecule has 3 amide bonds. The molecule has 9 heteroatoms. The van der Waals surface area contributed by atoms with E-state index in [1.54, 1.807) is 17.9 Å². The molecule has 3 aliphatic rings. The lowest BCUT2D eigenvalue weighted by atomic mass is 10.0. The molecule has 3 aliphatic heterocycles. The van der Waals surface area contributed by atoms with Crippen molar-refractivity contribution in [3.05, 3.63) is 59.2 Å². The first-order valence-corrected chi connectivity index (χ1v) is 13.7. The van der Waals surface area contributed by atoms with Gasteiger partial charge in [-0.15, -0.1) is 0 Å². The summed E-state index contributed by atoms with van der Waals surface area (Å²) in [6, 6.07) is 13.5. The molecule has 2 aromatic rings. The van der Waals surface area contributed by atoms with E-state index in [9.17, 15) is 14.4 Å². The van der Waals surface area contributed by atoms with Gasteiger partial charge in [-0.2, -0.15) is 0 Å². The van der Waals surface area contributed by atoms with Gasteiger partial charge in [0.15, 0.2) is 0 Å². The zero-order chi connectivity index (χ0) is 26.6. The Bertz CT molecular complexity index is 1170. The number of fused-ring (bicyclic) bond motifs is 1. The van der Waals surface area contributed by atoms with Crippen molar-refractivity contribution in [2.45, 2.75) is 39.3 Å². The zero-order valence-corrected chi connectivity index (χ0v) is 22.3. The number of carbonyl (C=O) groups is 3. The summed E-state index contributed by atoms with van der Waals surface area (Å²) in [6.45, 7) is 11.1. The molecule has 9 nitrogen and oxygen atoms in total. The molecular weight excluding hydrogens is 482 g/mol. The summed E-state index contributed by atoms with van der Waals surface area (Å²) in [5, 5.41) is 2.98. The fourth-order valence-electron chi connectivity index (χ4n) is 5.72. The average molecular weight is 520 g/mol. The van der Waals surface area contributed by atoms with Crippen LogP contribution in [-0.2, 0) is 11.3 Å². The van der Waals surface area contributed by atoms with E-state index in [2.05, 4.69) is 22.0 Å². The summed E-state index contributed by atoms with van der Waals surface area (Å²) in [7, 11) is 0. The van der Waals surface area contributed by atoms with Crippen molar-refractivity contribution in [3.63, 3.8) is 0 Å². The first-order valence-electron chi connectivity index (χ1n) is 13.7. The molecular formula is C29H37N5O4. The second kappa shape index (κ2) is 11.4. The van der Waals surface area contributed by atoms with Crippen LogP contribution < -0.4 is 10.2 Å². The molecule has 5 rings (SSSR count). The van der Waals surface area contributed by atoms with Gasteiger partial charge in [0.25, 0.3) is 11.8 Å². The van der Waals surface area contributed by atoms with Crippen LogP contribution in [0.4, 0.5) is 16.2 Å². The maximum atomic E-state index is 13.5. The predicted octanol–water partition coefficient (Wildman–Crippen LogP) is 3.66. The molecule has 0 saturated carbocycles. The number of hydrogen-bond acceptors (Lipinski definition) is 6. The highest BCUT2D eigenvalue weighted by Gasteiger charge is 2.37. The molecule has 2 fully saturated rings. The molecule has 0 bridgehead atoms. The first-order chi connectivity index (χ1) is 18.5. The molecule has 38 heavy (non-hydrogen) atoms. The molecule has 1 N–H and O–H groups in total. The Morgan fingerprint density at radius 3 is 2.32 bits per heavy atom. The van der Waals surface area contributed by atoms with Crippen LogP contribution >= 0.6 is 0 Å². The van der Waals surface area contributed by atoms with Crippen molar-refractivity contribution < 1.29 is 19.1 Å². The number of ether oxygens (including phenoxy) is 1. The molecule has 2 saturated heterocycles. The quantitative estimate of drug-likeness (QED) is 0.627. The van der Waals surface area contributed by atoms with Gasteiger partial charge < -0.3 is 29.7 Å². The number of hydrogen-bond donors (Lipinski definition) is 1. The molecule has 0 atom stereocenters. The van der Waals surface area contributed by atoms with Crippen LogP contribution in [0.15, 0.2) is 42.5 Å². The molecule has 3 heterocycles. The van der Waals surface area contributed by atoms with Gasteiger partial charge in [0.1, 0.15) is 0 Å². The van der Waals surface area contributed by atoms with Gasteiger partial charge >= 0.3 is 6.09 Å². The number of nitrogens with one attached hydrogen (secondary N) is 1. The van der Waals surface area contributed by atoms with Crippen molar-refractivity contribution in [3.8, 4) is 0 Å². The number of piperazine rings is 1. The summed E-state index contributed by atoms with van der Waals surface area (Å²) in [4.78, 5) is 47.2. The summed E-state index contributed by atoms with van der Waals surface area (Å²) in [5.41, 5.74) is 3.62. The smallest absolute Gasteiger partial charge is 0.409 e. The Morgan fingerprint density at radius 2 is 1.66 bits per heavy atom. The normalized spacial score (nSPS) is 18.5. The molecule has 2 aromatic carbocycles. The van der Waals surface area contributed by atoms with Crippen LogP contribution in [0.5, 0.6) is 0 Å². The maximum absolute atomic E-state index is 13.5. The van der Waals surface area contributed by atoms with Gasteiger partial charge in [-0.25, -0.2) is 4.79 Å². The fraction of sp³-hybridized carbons (Fsp3) is 0.483. The number of nitrogens with zero attached hydrogens (tertiary/aromatic N) is 4. The maximum Gasteiger partial charge on any atom is 0.409 e. The van der Waals surface area contributed by atoms with E-state index >= 15 is 0 Å². The van der Waals surface area contributed by atoms with Crippen molar-refractivity contribution in [1.82, 2.24) is 14.7 Å². The third-order valence-corrected chi connectivity index (χ3v) is 7.95. The number of rotatable bonds is 6. The lowest BCUT2D eigenvalue weighted by Gasteiger charge is -2.36. The zero-order valence-electron chi connectivity index (χ0n) is 22.3. The van der Waals surface area contributed by atoms with E-state index in [0.717, 1.165) is 44.0 Å². The number of piperidine rings is 1. The Balaban J connectivity index is 1.22. The summed E-state index contributed by atoms with van der Waals surface area (Å²) in [5.74, 6) is -0.389. The average Bonchev–Trinajstić information content (AvgIpc) is 3.30. The molecule has 0 radical (unpaired) electrons. The highest BCUT2D eigenvalue weighted by molar-refractivity contribution is 6.13. The van der Waals surface area contributed by atoms with E-state index in [1.165, 1.54) is 0 Å². The van der Waals surface area contributed by atoms with Gasteiger partial charge in [-0.3, -0.25) is 9.59 Å². The van der Waals surface area contributed by atoms with Gasteiger partial charge in [0.2, 0.25) is 0 Å². The summed E-state index contributed by atoms with van der Waals surface area (Å²) in [6.07, 6.45) is 1.09. The van der Waals surface area contributed by atoms with E-state index in [-0.39, 0.29) is 23.9 Å². The molecule has 202 valence electrons. The van der Waals surface area contributed by atoms with E-state index in [0.29, 0.717) is 55.9 Å². The SMILES string of the molecule is CCOC(=O)N1CCC(N2Cc3cccc(C(=O)Nc4ccc(N5CCN(CC)CC5)cc4)c3C2=O)CC1. The lowest BCUT2D eigenvalue weighted by Crippen LogP contribution is -2.47. The van der Waals surface area contributed by atoms with E-state index in [4.69, 9.17) is 4.74 Å². The molecule has 0 aliphatic carbocycles. The van der Waals surface area contributed by atoms with Gasteiger partial charge in [0, 0.05) is 63.2 Å². The Labute approximate surface area is 224 Å². The largest absolute Gasteiger partial charge is 0.450 e. The number of carbonyl (C=O) groups excluding carboxylic acids is 3. The Morgan fingerprint density at radius 1 is 0.947 bits per heavy atom. The minimum Gasteiger partial charge on any atom is -0.450 e. The van der Waals surface area contributed by atoms with Gasteiger partial charge in [0.05, 0.1) is 17.7 Å². The van der Waals surface area contributed by atoms with Gasteiger partial charge in [-0.1, -0.05) is 19.1 Å². The Kier molecular flexibility index (Phi) is 7.83. The van der Waals surface area contributed by atoms with Gasteiger partial charge in [-0.05, 0) is 62.2 Å². The van der Waals surface area contributed by atoms with E-state index < -0.39 is 0 Å². The van der Waals surface area contributed by atoms with E-state index in [1.807, 2.05) is 41.3 Å². The number of likely N-dealkylation sites (tertiary alicyclic amines) is 1. The minimum absolute atomic E-state index is 0.0308. The molecule has 0 unspecified atom stereocenters. The number of amides is 3. The monoisotopic (exact) mass is 519 g/mol. The predicted molar refractivity (Wildman–Crippen MR) is 147 cm³/mol.